The summed E-state index contributed by atoms with van der Waals surface area (Å²) in [6.45, 7) is 9.67. The van der Waals surface area contributed by atoms with Gasteiger partial charge < -0.3 is 28.4 Å². The van der Waals surface area contributed by atoms with Crippen LogP contribution in [0.15, 0.2) is 49.6 Å². The Morgan fingerprint density at radius 1 is 0.500 bits per heavy atom. The molecule has 0 unspecified atom stereocenters. The van der Waals surface area contributed by atoms with Gasteiger partial charge in [0.2, 0.25) is 0 Å². The van der Waals surface area contributed by atoms with Crippen LogP contribution in [-0.4, -0.2) is 63.5 Å². The van der Waals surface area contributed by atoms with Crippen LogP contribution in [0.4, 0.5) is 0 Å². The maximum absolute atomic E-state index is 12.5. The third-order valence-corrected chi connectivity index (χ3v) is 9.54. The zero-order chi connectivity index (χ0) is 35.8. The van der Waals surface area contributed by atoms with Gasteiger partial charge in [-0.05, 0) is 139 Å². The summed E-state index contributed by atoms with van der Waals surface area (Å²) in [7, 11) is 0. The van der Waals surface area contributed by atoms with Gasteiger partial charge in [0.25, 0.3) is 0 Å². The van der Waals surface area contributed by atoms with Gasteiger partial charge in [0.1, 0.15) is 11.5 Å². The molecule has 0 aromatic heterocycles. The van der Waals surface area contributed by atoms with Crippen molar-refractivity contribution in [2.24, 2.45) is 23.7 Å². The molecule has 2 aliphatic rings. The molecule has 0 aliphatic heterocycles. The van der Waals surface area contributed by atoms with E-state index >= 15 is 0 Å². The van der Waals surface area contributed by atoms with E-state index in [0.29, 0.717) is 51.5 Å². The van der Waals surface area contributed by atoms with Crippen LogP contribution >= 0.6 is 0 Å². The van der Waals surface area contributed by atoms with Crippen LogP contribution in [0.5, 0.6) is 11.5 Å². The summed E-state index contributed by atoms with van der Waals surface area (Å²) in [6.07, 6.45) is 16.4. The predicted octanol–water partition coefficient (Wildman–Crippen LogP) is 7.72. The average Bonchev–Trinajstić information content (AvgIpc) is 3.15. The summed E-state index contributed by atoms with van der Waals surface area (Å²) in [5, 5.41) is 0. The van der Waals surface area contributed by atoms with Gasteiger partial charge >= 0.3 is 23.9 Å². The first-order chi connectivity index (χ1) is 24.4. The van der Waals surface area contributed by atoms with Gasteiger partial charge in [-0.15, -0.1) is 0 Å². The van der Waals surface area contributed by atoms with E-state index in [2.05, 4.69) is 13.2 Å². The van der Waals surface area contributed by atoms with Crippen LogP contribution in [0.1, 0.15) is 103 Å². The SMILES string of the molecule is C=CC(=O)OCCCCCCOC(=O)C1CCC(COc2ccc(OCC3CCC(C(=O)OCCCCCCOC(=O)C=C)CC3)cc2)CC1. The second kappa shape index (κ2) is 24.3. The Morgan fingerprint density at radius 2 is 0.820 bits per heavy atom. The van der Waals surface area contributed by atoms with Crippen LogP contribution in [0, 0.1) is 23.7 Å². The molecule has 10 heteroatoms. The fourth-order valence-corrected chi connectivity index (χ4v) is 6.35. The minimum absolute atomic E-state index is 0.0276. The highest BCUT2D eigenvalue weighted by Crippen LogP contribution is 2.32. The molecule has 10 nitrogen and oxygen atoms in total. The first kappa shape index (κ1) is 40.6. The van der Waals surface area contributed by atoms with Crippen LogP contribution in [0.2, 0.25) is 0 Å². The Morgan fingerprint density at radius 3 is 1.14 bits per heavy atom. The third-order valence-electron chi connectivity index (χ3n) is 9.54. The van der Waals surface area contributed by atoms with E-state index in [1.54, 1.807) is 0 Å². The van der Waals surface area contributed by atoms with Crippen LogP contribution in [0.3, 0.4) is 0 Å². The minimum atomic E-state index is -0.395. The summed E-state index contributed by atoms with van der Waals surface area (Å²) >= 11 is 0. The molecule has 0 heterocycles. The quantitative estimate of drug-likeness (QED) is 0.0459. The number of carbonyl (C=O) groups excluding carboxylic acids is 4. The molecular formula is C40H58O10. The highest BCUT2D eigenvalue weighted by molar-refractivity contribution is 5.81. The normalized spacial score (nSPS) is 20.2. The number of rotatable bonds is 24. The molecule has 0 saturated heterocycles. The lowest BCUT2D eigenvalue weighted by Gasteiger charge is -2.27. The van der Waals surface area contributed by atoms with Gasteiger partial charge in [0.05, 0.1) is 51.5 Å². The second-order valence-electron chi connectivity index (χ2n) is 13.4. The molecule has 0 amide bonds. The molecule has 2 aliphatic carbocycles. The Labute approximate surface area is 298 Å². The van der Waals surface area contributed by atoms with E-state index in [1.165, 1.54) is 0 Å². The third kappa shape index (κ3) is 16.7. The van der Waals surface area contributed by atoms with Gasteiger partial charge in [0, 0.05) is 12.2 Å². The molecule has 0 atom stereocenters. The number of carbonyl (C=O) groups is 4. The molecule has 0 spiro atoms. The zero-order valence-corrected chi connectivity index (χ0v) is 29.8. The Balaban J connectivity index is 1.17. The van der Waals surface area contributed by atoms with Crippen molar-refractivity contribution in [2.75, 3.05) is 39.6 Å². The largest absolute Gasteiger partial charge is 0.493 e. The van der Waals surface area contributed by atoms with Crippen molar-refractivity contribution in [1.82, 2.24) is 0 Å². The average molecular weight is 699 g/mol. The second-order valence-corrected chi connectivity index (χ2v) is 13.4. The smallest absolute Gasteiger partial charge is 0.330 e. The van der Waals surface area contributed by atoms with Gasteiger partial charge in [-0.2, -0.15) is 0 Å². The summed E-state index contributed by atoms with van der Waals surface area (Å²) in [5.74, 6) is 1.45. The lowest BCUT2D eigenvalue weighted by Crippen LogP contribution is -2.26. The molecule has 278 valence electrons. The van der Waals surface area contributed by atoms with Crippen molar-refractivity contribution in [3.8, 4) is 11.5 Å². The van der Waals surface area contributed by atoms with E-state index in [0.717, 1.165) is 126 Å². The van der Waals surface area contributed by atoms with Gasteiger partial charge in [-0.3, -0.25) is 9.59 Å². The monoisotopic (exact) mass is 698 g/mol. The van der Waals surface area contributed by atoms with Crippen molar-refractivity contribution in [1.29, 1.82) is 0 Å². The Hall–Kier alpha value is -3.82. The van der Waals surface area contributed by atoms with Crippen molar-refractivity contribution in [3.63, 3.8) is 0 Å². The van der Waals surface area contributed by atoms with E-state index in [-0.39, 0.29) is 23.8 Å². The van der Waals surface area contributed by atoms with E-state index in [1.807, 2.05) is 24.3 Å². The first-order valence-corrected chi connectivity index (χ1v) is 18.6. The van der Waals surface area contributed by atoms with E-state index in [4.69, 9.17) is 28.4 Å². The molecular weight excluding hydrogens is 640 g/mol. The molecule has 1 aromatic carbocycles. The topological polar surface area (TPSA) is 124 Å². The van der Waals surface area contributed by atoms with Crippen molar-refractivity contribution >= 4 is 23.9 Å². The Bertz CT molecular complexity index is 1070. The summed E-state index contributed by atoms with van der Waals surface area (Å²) in [6, 6.07) is 7.76. The number of ether oxygens (including phenoxy) is 6. The molecule has 2 saturated carbocycles. The van der Waals surface area contributed by atoms with Crippen LogP contribution in [0.25, 0.3) is 0 Å². The van der Waals surface area contributed by atoms with Crippen LogP contribution in [-0.2, 0) is 38.1 Å². The highest BCUT2D eigenvalue weighted by Gasteiger charge is 2.29. The maximum Gasteiger partial charge on any atom is 0.330 e. The summed E-state index contributed by atoms with van der Waals surface area (Å²) in [5.41, 5.74) is 0. The fourth-order valence-electron chi connectivity index (χ4n) is 6.35. The molecule has 0 bridgehead atoms. The van der Waals surface area contributed by atoms with Gasteiger partial charge in [0.15, 0.2) is 0 Å². The number of benzene rings is 1. The van der Waals surface area contributed by atoms with Gasteiger partial charge in [-0.25, -0.2) is 9.59 Å². The molecule has 2 fully saturated rings. The Kier molecular flexibility index (Phi) is 19.8. The highest BCUT2D eigenvalue weighted by atomic mass is 16.5. The first-order valence-electron chi connectivity index (χ1n) is 18.6. The van der Waals surface area contributed by atoms with E-state index < -0.39 is 11.9 Å². The molecule has 50 heavy (non-hydrogen) atoms. The predicted molar refractivity (Wildman–Crippen MR) is 189 cm³/mol. The molecule has 3 rings (SSSR count). The number of esters is 4. The minimum Gasteiger partial charge on any atom is -0.493 e. The fraction of sp³-hybridized carbons (Fsp3) is 0.650. The van der Waals surface area contributed by atoms with Crippen molar-refractivity contribution < 1.29 is 47.6 Å². The molecule has 0 N–H and O–H groups in total. The lowest BCUT2D eigenvalue weighted by molar-refractivity contribution is -0.151. The molecule has 1 aromatic rings. The van der Waals surface area contributed by atoms with Crippen molar-refractivity contribution in [3.05, 3.63) is 49.6 Å². The van der Waals surface area contributed by atoms with Gasteiger partial charge in [-0.1, -0.05) is 13.2 Å². The van der Waals surface area contributed by atoms with Crippen molar-refractivity contribution in [2.45, 2.75) is 103 Å². The maximum atomic E-state index is 12.5. The number of hydrogen-bond donors (Lipinski definition) is 0. The number of unbranched alkanes of at least 4 members (excludes halogenated alkanes) is 6. The summed E-state index contributed by atoms with van der Waals surface area (Å²) in [4.78, 5) is 47.0. The standard InChI is InChI=1S/C40H58O10/c1-3-37(41)45-25-9-5-7-11-27-47-39(43)33-17-13-31(14-18-33)29-49-35-21-23-36(24-22-35)50-30-32-15-19-34(20-16-32)40(44)48-28-12-8-6-10-26-46-38(42)4-2/h3-4,21-24,31-34H,1-2,5-20,25-30H2. The summed E-state index contributed by atoms with van der Waals surface area (Å²) < 4.78 is 33.1. The van der Waals surface area contributed by atoms with E-state index in [9.17, 15) is 19.2 Å². The van der Waals surface area contributed by atoms with Crippen LogP contribution < -0.4 is 9.47 Å². The lowest BCUT2D eigenvalue weighted by atomic mass is 9.82. The molecule has 0 radical (unpaired) electrons. The number of hydrogen-bond acceptors (Lipinski definition) is 10. The zero-order valence-electron chi connectivity index (χ0n) is 29.8.